The zero-order chi connectivity index (χ0) is 9.41. The van der Waals surface area contributed by atoms with E-state index < -0.39 is 0 Å². The minimum absolute atomic E-state index is 0.771. The van der Waals surface area contributed by atoms with E-state index in [1.54, 1.807) is 32.1 Å². The summed E-state index contributed by atoms with van der Waals surface area (Å²) in [4.78, 5) is 0. The summed E-state index contributed by atoms with van der Waals surface area (Å²) in [7, 11) is 0. The van der Waals surface area contributed by atoms with Crippen molar-refractivity contribution in [2.24, 2.45) is 46.3 Å². The molecule has 0 aromatic carbocycles. The Balaban J connectivity index is 1.60. The molecule has 0 aliphatic heterocycles. The van der Waals surface area contributed by atoms with E-state index in [1.807, 2.05) is 0 Å². The van der Waals surface area contributed by atoms with E-state index in [2.05, 4.69) is 12.2 Å². The van der Waals surface area contributed by atoms with Crippen molar-refractivity contribution >= 4 is 0 Å². The van der Waals surface area contributed by atoms with Crippen molar-refractivity contribution in [3.8, 4) is 0 Å². The van der Waals surface area contributed by atoms with Gasteiger partial charge in [0, 0.05) is 0 Å². The van der Waals surface area contributed by atoms with Crippen molar-refractivity contribution in [3.05, 3.63) is 12.2 Å². The van der Waals surface area contributed by atoms with Crippen LogP contribution in [0.15, 0.2) is 12.2 Å². The third-order valence-corrected chi connectivity index (χ3v) is 7.33. The normalized spacial score (nSPS) is 66.1. The lowest BCUT2D eigenvalue weighted by molar-refractivity contribution is 0.196. The van der Waals surface area contributed by atoms with Crippen molar-refractivity contribution in [2.45, 2.75) is 32.1 Å². The minimum Gasteiger partial charge on any atom is -0.0842 e. The van der Waals surface area contributed by atoms with Gasteiger partial charge in [0.1, 0.15) is 0 Å². The second-order valence-corrected chi connectivity index (χ2v) is 7.54. The Kier molecular flexibility index (Phi) is 0.787. The van der Waals surface area contributed by atoms with Gasteiger partial charge in [0.05, 0.1) is 0 Å². The zero-order valence-electron chi connectivity index (χ0n) is 9.15. The SMILES string of the molecule is C1=CC2(CC2)[C@@H]2[C@@H]1[C@@H]1[C@H]3C[C@H]3[C@@H]2C12CC2. The molecule has 2 spiro atoms. The molecule has 78 valence electrons. The van der Waals surface area contributed by atoms with E-state index in [4.69, 9.17) is 0 Å². The van der Waals surface area contributed by atoms with Gasteiger partial charge in [-0.3, -0.25) is 0 Å². The highest BCUT2D eigenvalue weighted by atomic mass is 14.9. The maximum atomic E-state index is 2.68. The van der Waals surface area contributed by atoms with Gasteiger partial charge in [-0.05, 0) is 78.4 Å². The van der Waals surface area contributed by atoms with Crippen molar-refractivity contribution in [3.63, 3.8) is 0 Å². The first kappa shape index (κ1) is 7.14. The second kappa shape index (κ2) is 1.65. The summed E-state index contributed by atoms with van der Waals surface area (Å²) in [6.07, 6.45) is 13.3. The maximum absolute atomic E-state index is 2.68. The predicted octanol–water partition coefficient (Wildman–Crippen LogP) is 3.24. The fraction of sp³-hybridized carbons (Fsp3) is 0.867. The Morgan fingerprint density at radius 3 is 2.40 bits per heavy atom. The molecular weight excluding hydrogens is 180 g/mol. The zero-order valence-corrected chi connectivity index (χ0v) is 9.15. The van der Waals surface area contributed by atoms with Crippen LogP contribution >= 0.6 is 0 Å². The molecule has 6 rings (SSSR count). The Labute approximate surface area is 91.1 Å². The van der Waals surface area contributed by atoms with Crippen LogP contribution in [0.3, 0.4) is 0 Å². The number of allylic oxidation sites excluding steroid dienone is 2. The van der Waals surface area contributed by atoms with Crippen LogP contribution in [-0.2, 0) is 0 Å². The van der Waals surface area contributed by atoms with Crippen LogP contribution in [-0.4, -0.2) is 0 Å². The molecule has 5 saturated carbocycles. The standard InChI is InChI=1S/C15H18/c1-2-14(3-4-14)12-8(1)11-9-7-10(9)13(12)15(11)5-6-15/h1-2,8-13H,3-7H2/t8-,9-,10+,11+,12+,13-/m0/s1. The summed E-state index contributed by atoms with van der Waals surface area (Å²) in [5.74, 6) is 7.01. The molecule has 0 saturated heterocycles. The molecule has 2 bridgehead atoms. The topological polar surface area (TPSA) is 0 Å². The van der Waals surface area contributed by atoms with E-state index in [1.165, 1.54) is 23.7 Å². The van der Waals surface area contributed by atoms with Gasteiger partial charge >= 0.3 is 0 Å². The summed E-state index contributed by atoms with van der Waals surface area (Å²) in [5, 5.41) is 0. The molecule has 6 atom stereocenters. The predicted molar refractivity (Wildman–Crippen MR) is 58.0 cm³/mol. The summed E-state index contributed by atoms with van der Waals surface area (Å²) >= 11 is 0. The molecule has 0 N–H and O–H groups in total. The molecule has 0 heterocycles. The Bertz CT molecular complexity index is 410. The Morgan fingerprint density at radius 2 is 1.67 bits per heavy atom. The van der Waals surface area contributed by atoms with Gasteiger partial charge in [-0.25, -0.2) is 0 Å². The fourth-order valence-electron chi connectivity index (χ4n) is 6.74. The number of hydrogen-bond acceptors (Lipinski definition) is 0. The molecule has 15 heavy (non-hydrogen) atoms. The van der Waals surface area contributed by atoms with Crippen molar-refractivity contribution in [1.29, 1.82) is 0 Å². The van der Waals surface area contributed by atoms with Gasteiger partial charge in [0.25, 0.3) is 0 Å². The quantitative estimate of drug-likeness (QED) is 0.524. The summed E-state index contributed by atoms with van der Waals surface area (Å²) < 4.78 is 0. The van der Waals surface area contributed by atoms with Crippen LogP contribution in [0.2, 0.25) is 0 Å². The number of fused-ring (bicyclic) bond motifs is 7. The second-order valence-electron chi connectivity index (χ2n) is 7.54. The summed E-state index contributed by atoms with van der Waals surface area (Å²) in [6.45, 7) is 0. The smallest absolute Gasteiger partial charge is 0.00806 e. The van der Waals surface area contributed by atoms with Crippen molar-refractivity contribution in [1.82, 2.24) is 0 Å². The average molecular weight is 198 g/mol. The molecule has 6 aliphatic rings. The average Bonchev–Trinajstić information content (AvgIpc) is 3.07. The first-order valence-corrected chi connectivity index (χ1v) is 7.05. The van der Waals surface area contributed by atoms with E-state index in [-0.39, 0.29) is 0 Å². The van der Waals surface area contributed by atoms with Gasteiger partial charge in [-0.1, -0.05) is 12.2 Å². The lowest BCUT2D eigenvalue weighted by atomic mass is 9.75. The van der Waals surface area contributed by atoms with Crippen LogP contribution in [0.5, 0.6) is 0 Å². The minimum atomic E-state index is 0.771. The van der Waals surface area contributed by atoms with Crippen LogP contribution in [0.4, 0.5) is 0 Å². The van der Waals surface area contributed by atoms with Crippen LogP contribution in [0.1, 0.15) is 32.1 Å². The van der Waals surface area contributed by atoms with Gasteiger partial charge in [0.2, 0.25) is 0 Å². The maximum Gasteiger partial charge on any atom is -0.00806 e. The van der Waals surface area contributed by atoms with E-state index >= 15 is 0 Å². The monoisotopic (exact) mass is 198 g/mol. The van der Waals surface area contributed by atoms with Crippen molar-refractivity contribution < 1.29 is 0 Å². The molecule has 0 radical (unpaired) electrons. The number of hydrogen-bond donors (Lipinski definition) is 0. The molecule has 0 aromatic heterocycles. The van der Waals surface area contributed by atoms with Crippen molar-refractivity contribution in [2.75, 3.05) is 0 Å². The molecular formula is C15H18. The Morgan fingerprint density at radius 1 is 0.867 bits per heavy atom. The first-order valence-electron chi connectivity index (χ1n) is 7.05. The van der Waals surface area contributed by atoms with E-state index in [0.717, 1.165) is 22.7 Å². The highest BCUT2D eigenvalue weighted by molar-refractivity contribution is 5.37. The third-order valence-electron chi connectivity index (χ3n) is 7.33. The molecule has 0 nitrogen and oxygen atoms in total. The molecule has 0 heteroatoms. The van der Waals surface area contributed by atoms with Gasteiger partial charge in [-0.15, -0.1) is 0 Å². The van der Waals surface area contributed by atoms with Gasteiger partial charge in [-0.2, -0.15) is 0 Å². The Hall–Kier alpha value is -0.260. The van der Waals surface area contributed by atoms with Crippen LogP contribution in [0, 0.1) is 46.3 Å². The largest absolute Gasteiger partial charge is 0.0842 e. The highest BCUT2D eigenvalue weighted by Crippen LogP contribution is 2.88. The van der Waals surface area contributed by atoms with E-state index in [0.29, 0.717) is 0 Å². The van der Waals surface area contributed by atoms with E-state index in [9.17, 15) is 0 Å². The fourth-order valence-corrected chi connectivity index (χ4v) is 6.74. The van der Waals surface area contributed by atoms with Crippen LogP contribution < -0.4 is 0 Å². The summed E-state index contributed by atoms with van der Waals surface area (Å²) in [5.41, 5.74) is 1.70. The number of rotatable bonds is 0. The first-order chi connectivity index (χ1) is 7.36. The molecule has 0 aromatic rings. The molecule has 6 aliphatic carbocycles. The van der Waals surface area contributed by atoms with Crippen LogP contribution in [0.25, 0.3) is 0 Å². The molecule has 5 fully saturated rings. The molecule has 0 amide bonds. The lowest BCUT2D eigenvalue weighted by Crippen LogP contribution is -2.25. The highest BCUT2D eigenvalue weighted by Gasteiger charge is 2.82. The van der Waals surface area contributed by atoms with Gasteiger partial charge < -0.3 is 0 Å². The summed E-state index contributed by atoms with van der Waals surface area (Å²) in [6, 6.07) is 0. The van der Waals surface area contributed by atoms with Gasteiger partial charge in [0.15, 0.2) is 0 Å². The molecule has 0 unspecified atom stereocenters. The third kappa shape index (κ3) is 0.531. The lowest BCUT2D eigenvalue weighted by Gasteiger charge is -2.29.